The van der Waals surface area contributed by atoms with Crippen molar-refractivity contribution in [1.82, 2.24) is 15.2 Å². The maximum absolute atomic E-state index is 5.72. The molecule has 21 heavy (non-hydrogen) atoms. The Balaban J connectivity index is 2.14. The summed E-state index contributed by atoms with van der Waals surface area (Å²) < 4.78 is 12.3. The van der Waals surface area contributed by atoms with Crippen LogP contribution in [0.4, 0.5) is 5.95 Å². The van der Waals surface area contributed by atoms with Crippen molar-refractivity contribution in [3.63, 3.8) is 0 Å². The molecule has 114 valence electrons. The zero-order valence-electron chi connectivity index (χ0n) is 12.1. The molecule has 2 aromatic rings. The van der Waals surface area contributed by atoms with Gasteiger partial charge in [0.2, 0.25) is 5.95 Å². The Morgan fingerprint density at radius 3 is 2.71 bits per heavy atom. The van der Waals surface area contributed by atoms with Crippen molar-refractivity contribution in [1.29, 1.82) is 0 Å². The maximum atomic E-state index is 5.72. The molecule has 0 bridgehead atoms. The van der Waals surface area contributed by atoms with E-state index in [9.17, 15) is 0 Å². The first-order valence-corrected chi connectivity index (χ1v) is 7.71. The van der Waals surface area contributed by atoms with Gasteiger partial charge in [-0.1, -0.05) is 22.9 Å². The van der Waals surface area contributed by atoms with Crippen LogP contribution in [0, 0.1) is 0 Å². The third kappa shape index (κ3) is 4.35. The van der Waals surface area contributed by atoms with Crippen LogP contribution in [-0.2, 0) is 6.54 Å². The van der Waals surface area contributed by atoms with Crippen molar-refractivity contribution in [2.75, 3.05) is 18.5 Å². The molecular weight excluding hydrogens is 336 g/mol. The Morgan fingerprint density at radius 2 is 2.05 bits per heavy atom. The number of hydrogen-bond acceptors (Lipinski definition) is 5. The first kappa shape index (κ1) is 15.6. The Morgan fingerprint density at radius 1 is 1.24 bits per heavy atom. The summed E-state index contributed by atoms with van der Waals surface area (Å²) in [4.78, 5) is 4.03. The molecule has 0 aliphatic heterocycles. The molecule has 0 unspecified atom stereocenters. The van der Waals surface area contributed by atoms with Gasteiger partial charge in [0.15, 0.2) is 11.5 Å². The normalized spacial score (nSPS) is 10.4. The van der Waals surface area contributed by atoms with Crippen molar-refractivity contribution in [3.05, 3.63) is 28.5 Å². The molecule has 7 heteroatoms. The molecule has 0 saturated carbocycles. The highest BCUT2D eigenvalue weighted by molar-refractivity contribution is 9.10. The molecule has 6 nitrogen and oxygen atoms in total. The number of aromatic amines is 1. The fourth-order valence-electron chi connectivity index (χ4n) is 1.78. The molecule has 0 aliphatic carbocycles. The molecule has 0 amide bonds. The molecule has 1 heterocycles. The van der Waals surface area contributed by atoms with E-state index in [1.54, 1.807) is 0 Å². The van der Waals surface area contributed by atoms with E-state index in [-0.39, 0.29) is 0 Å². The lowest BCUT2D eigenvalue weighted by Gasteiger charge is -2.15. The van der Waals surface area contributed by atoms with Crippen molar-refractivity contribution >= 4 is 21.9 Å². The van der Waals surface area contributed by atoms with Gasteiger partial charge in [-0.05, 0) is 31.0 Å². The lowest BCUT2D eigenvalue weighted by molar-refractivity contribution is 0.276. The average Bonchev–Trinajstić information content (AvgIpc) is 2.99. The summed E-state index contributed by atoms with van der Waals surface area (Å²) in [5.74, 6) is 2.14. The largest absolute Gasteiger partial charge is 0.490 e. The monoisotopic (exact) mass is 354 g/mol. The Hall–Kier alpha value is -1.76. The van der Waals surface area contributed by atoms with Crippen LogP contribution in [0.25, 0.3) is 0 Å². The van der Waals surface area contributed by atoms with E-state index in [1.807, 2.05) is 19.1 Å². The zero-order chi connectivity index (χ0) is 15.1. The molecule has 2 rings (SSSR count). The lowest BCUT2D eigenvalue weighted by Crippen LogP contribution is -2.05. The molecule has 0 fully saturated rings. The Labute approximate surface area is 132 Å². The fraction of sp³-hybridized carbons (Fsp3) is 0.429. The van der Waals surface area contributed by atoms with Gasteiger partial charge in [0.05, 0.1) is 13.2 Å². The van der Waals surface area contributed by atoms with Gasteiger partial charge in [-0.3, -0.25) is 0 Å². The summed E-state index contributed by atoms with van der Waals surface area (Å²) in [5.41, 5.74) is 1.05. The summed E-state index contributed by atoms with van der Waals surface area (Å²) in [7, 11) is 0. The second kappa shape index (κ2) is 7.87. The predicted octanol–water partition coefficient (Wildman–Crippen LogP) is 3.37. The number of anilines is 1. The summed E-state index contributed by atoms with van der Waals surface area (Å²) >= 11 is 3.57. The van der Waals surface area contributed by atoms with Crippen LogP contribution in [0.1, 0.15) is 25.8 Å². The standard InChI is InChI=1S/C14H19BrN4O2/c1-3-5-21-13-7-11(15)10(6-12(13)20-4-2)8-16-14-17-9-18-19-14/h6-7,9H,3-5,8H2,1-2H3,(H2,16,17,18,19). The molecule has 2 N–H and O–H groups in total. The lowest BCUT2D eigenvalue weighted by atomic mass is 10.2. The molecule has 0 spiro atoms. The van der Waals surface area contributed by atoms with Gasteiger partial charge in [-0.2, -0.15) is 5.10 Å². The number of aromatic nitrogens is 3. The third-order valence-corrected chi connectivity index (χ3v) is 3.47. The van der Waals surface area contributed by atoms with Crippen molar-refractivity contribution in [2.24, 2.45) is 0 Å². The minimum Gasteiger partial charge on any atom is -0.490 e. The van der Waals surface area contributed by atoms with Crippen LogP contribution >= 0.6 is 15.9 Å². The third-order valence-electron chi connectivity index (χ3n) is 2.74. The van der Waals surface area contributed by atoms with Crippen molar-refractivity contribution < 1.29 is 9.47 Å². The predicted molar refractivity (Wildman–Crippen MR) is 84.8 cm³/mol. The van der Waals surface area contributed by atoms with E-state index < -0.39 is 0 Å². The molecular formula is C14H19BrN4O2. The van der Waals surface area contributed by atoms with Gasteiger partial charge in [0.1, 0.15) is 6.33 Å². The summed E-state index contributed by atoms with van der Waals surface area (Å²) in [6, 6.07) is 3.92. The van der Waals surface area contributed by atoms with E-state index in [1.165, 1.54) is 6.33 Å². The average molecular weight is 355 g/mol. The van der Waals surface area contributed by atoms with Gasteiger partial charge in [-0.25, -0.2) is 10.1 Å². The van der Waals surface area contributed by atoms with Gasteiger partial charge in [-0.15, -0.1) is 0 Å². The number of ether oxygens (including phenoxy) is 2. The highest BCUT2D eigenvalue weighted by Gasteiger charge is 2.11. The summed E-state index contributed by atoms with van der Waals surface area (Å²) in [5, 5.41) is 9.72. The Bertz CT molecular complexity index is 560. The minimum atomic E-state index is 0.596. The van der Waals surface area contributed by atoms with E-state index in [0.717, 1.165) is 28.0 Å². The smallest absolute Gasteiger partial charge is 0.218 e. The number of rotatable bonds is 8. The number of nitrogens with zero attached hydrogens (tertiary/aromatic N) is 2. The van der Waals surface area contributed by atoms with E-state index >= 15 is 0 Å². The van der Waals surface area contributed by atoms with Crippen LogP contribution in [0.15, 0.2) is 22.9 Å². The van der Waals surface area contributed by atoms with Crippen LogP contribution in [-0.4, -0.2) is 28.4 Å². The number of H-pyrrole nitrogens is 1. The van der Waals surface area contributed by atoms with Gasteiger partial charge >= 0.3 is 0 Å². The van der Waals surface area contributed by atoms with Gasteiger partial charge < -0.3 is 14.8 Å². The van der Waals surface area contributed by atoms with Crippen LogP contribution < -0.4 is 14.8 Å². The van der Waals surface area contributed by atoms with E-state index in [0.29, 0.717) is 25.7 Å². The van der Waals surface area contributed by atoms with Gasteiger partial charge in [0, 0.05) is 11.0 Å². The zero-order valence-corrected chi connectivity index (χ0v) is 13.7. The number of halogens is 1. The van der Waals surface area contributed by atoms with Gasteiger partial charge in [0.25, 0.3) is 0 Å². The minimum absolute atomic E-state index is 0.596. The van der Waals surface area contributed by atoms with Crippen molar-refractivity contribution in [2.45, 2.75) is 26.8 Å². The quantitative estimate of drug-likeness (QED) is 0.760. The maximum Gasteiger partial charge on any atom is 0.218 e. The first-order chi connectivity index (χ1) is 10.2. The second-order valence-electron chi connectivity index (χ2n) is 4.36. The second-order valence-corrected chi connectivity index (χ2v) is 5.21. The topological polar surface area (TPSA) is 72.1 Å². The molecule has 0 radical (unpaired) electrons. The molecule has 0 atom stereocenters. The van der Waals surface area contributed by atoms with Crippen LogP contribution in [0.2, 0.25) is 0 Å². The molecule has 1 aromatic carbocycles. The molecule has 0 aliphatic rings. The van der Waals surface area contributed by atoms with E-state index in [2.05, 4.69) is 43.4 Å². The fourth-order valence-corrected chi connectivity index (χ4v) is 2.24. The summed E-state index contributed by atoms with van der Waals surface area (Å²) in [6.07, 6.45) is 2.42. The van der Waals surface area contributed by atoms with Crippen molar-refractivity contribution in [3.8, 4) is 11.5 Å². The Kier molecular flexibility index (Phi) is 5.86. The number of nitrogens with one attached hydrogen (secondary N) is 2. The van der Waals surface area contributed by atoms with Crippen LogP contribution in [0.5, 0.6) is 11.5 Å². The summed E-state index contributed by atoms with van der Waals surface area (Å²) in [6.45, 7) is 5.90. The highest BCUT2D eigenvalue weighted by atomic mass is 79.9. The van der Waals surface area contributed by atoms with E-state index in [4.69, 9.17) is 9.47 Å². The SMILES string of the molecule is CCCOc1cc(Br)c(CNc2ncn[nH]2)cc1OCC. The highest BCUT2D eigenvalue weighted by Crippen LogP contribution is 2.34. The molecule has 0 saturated heterocycles. The van der Waals surface area contributed by atoms with Crippen LogP contribution in [0.3, 0.4) is 0 Å². The first-order valence-electron chi connectivity index (χ1n) is 6.91. The number of hydrogen-bond donors (Lipinski definition) is 2. The number of benzene rings is 1. The molecule has 1 aromatic heterocycles.